The molecule has 4 N–H and O–H groups in total. The van der Waals surface area contributed by atoms with E-state index in [0.29, 0.717) is 5.69 Å². The van der Waals surface area contributed by atoms with Crippen molar-refractivity contribution in [2.24, 2.45) is 5.73 Å². The van der Waals surface area contributed by atoms with Gasteiger partial charge < -0.3 is 5.73 Å². The van der Waals surface area contributed by atoms with Crippen LogP contribution in [-0.2, 0) is 10.1 Å². The molecule has 0 aliphatic rings. The van der Waals surface area contributed by atoms with Crippen LogP contribution in [0, 0.1) is 0 Å². The quantitative estimate of drug-likeness (QED) is 0.575. The zero-order valence-corrected chi connectivity index (χ0v) is 8.28. The highest BCUT2D eigenvalue weighted by Crippen LogP contribution is 1.86. The Morgan fingerprint density at radius 2 is 2.21 bits per heavy atom. The summed E-state index contributed by atoms with van der Waals surface area (Å²) in [4.78, 5) is 10.2. The fraction of sp³-hybridized carbons (Fsp3) is 0.333. The first-order valence-electron chi connectivity index (χ1n) is 3.61. The predicted molar refractivity (Wildman–Crippen MR) is 49.2 cm³/mol. The van der Waals surface area contributed by atoms with Crippen molar-refractivity contribution in [2.75, 3.05) is 5.75 Å². The van der Waals surface area contributed by atoms with Gasteiger partial charge in [0.2, 0.25) is 0 Å². The Kier molecular flexibility index (Phi) is 4.81. The van der Waals surface area contributed by atoms with Crippen LogP contribution in [0.2, 0.25) is 0 Å². The standard InChI is InChI=1S/C4H5N3O.C2H6O3S/c5-4(8)3-1-2-6-7-3;1-2-6(3,4)5/h1-2H,(H2,5,8)(H,6,7);2H2,1H3,(H,3,4,5). The first kappa shape index (κ1) is 12.6. The van der Waals surface area contributed by atoms with Gasteiger partial charge in [-0.25, -0.2) is 0 Å². The molecule has 1 aromatic rings. The third kappa shape index (κ3) is 6.14. The molecule has 0 unspecified atom stereocenters. The predicted octanol–water partition coefficient (Wildman–Crippen LogP) is -0.597. The van der Waals surface area contributed by atoms with Gasteiger partial charge in [-0.2, -0.15) is 13.5 Å². The molecule has 0 saturated heterocycles. The van der Waals surface area contributed by atoms with E-state index in [9.17, 15) is 13.2 Å². The minimum atomic E-state index is -3.66. The van der Waals surface area contributed by atoms with Crippen LogP contribution in [0.4, 0.5) is 0 Å². The summed E-state index contributed by atoms with van der Waals surface area (Å²) in [6.45, 7) is 1.37. The van der Waals surface area contributed by atoms with E-state index in [1.807, 2.05) is 0 Å². The van der Waals surface area contributed by atoms with Crippen molar-refractivity contribution in [3.63, 3.8) is 0 Å². The summed E-state index contributed by atoms with van der Waals surface area (Å²) in [6.07, 6.45) is 1.47. The molecule has 0 aliphatic heterocycles. The van der Waals surface area contributed by atoms with Gasteiger partial charge in [0, 0.05) is 6.20 Å². The molecule has 0 fully saturated rings. The zero-order chi connectivity index (χ0) is 11.2. The number of aromatic nitrogens is 2. The Balaban J connectivity index is 0.000000255. The number of rotatable bonds is 2. The smallest absolute Gasteiger partial charge is 0.266 e. The molecule has 0 atom stereocenters. The lowest BCUT2D eigenvalue weighted by Crippen LogP contribution is -2.10. The number of aromatic amines is 1. The maximum atomic E-state index is 10.2. The topological polar surface area (TPSA) is 126 Å². The van der Waals surface area contributed by atoms with E-state index in [1.54, 1.807) is 0 Å². The molecule has 7 nitrogen and oxygen atoms in total. The van der Waals surface area contributed by atoms with Crippen LogP contribution in [-0.4, -0.2) is 34.8 Å². The number of nitrogens with zero attached hydrogens (tertiary/aromatic N) is 1. The number of primary amides is 1. The summed E-state index contributed by atoms with van der Waals surface area (Å²) in [5.74, 6) is -0.685. The first-order valence-corrected chi connectivity index (χ1v) is 5.22. The van der Waals surface area contributed by atoms with Crippen molar-refractivity contribution in [3.8, 4) is 0 Å². The summed E-state index contributed by atoms with van der Waals surface area (Å²) in [5, 5.41) is 5.93. The second kappa shape index (κ2) is 5.35. The Labute approximate surface area is 81.1 Å². The number of hydrogen-bond acceptors (Lipinski definition) is 4. The second-order valence-electron chi connectivity index (χ2n) is 2.21. The molecular weight excluding hydrogens is 210 g/mol. The Morgan fingerprint density at radius 1 is 1.71 bits per heavy atom. The van der Waals surface area contributed by atoms with Gasteiger partial charge >= 0.3 is 0 Å². The van der Waals surface area contributed by atoms with Crippen LogP contribution in [0.5, 0.6) is 0 Å². The highest BCUT2D eigenvalue weighted by Gasteiger charge is 1.96. The van der Waals surface area contributed by atoms with Gasteiger partial charge in [0.15, 0.2) is 0 Å². The zero-order valence-electron chi connectivity index (χ0n) is 7.47. The van der Waals surface area contributed by atoms with Gasteiger partial charge in [-0.1, -0.05) is 0 Å². The number of hydrogen-bond donors (Lipinski definition) is 3. The molecule has 0 aromatic carbocycles. The third-order valence-corrected chi connectivity index (χ3v) is 1.86. The molecular formula is C6H11N3O4S. The van der Waals surface area contributed by atoms with Gasteiger partial charge in [0.25, 0.3) is 16.0 Å². The average Bonchev–Trinajstić information content (AvgIpc) is 2.56. The fourth-order valence-electron chi connectivity index (χ4n) is 0.393. The fourth-order valence-corrected chi connectivity index (χ4v) is 0.393. The largest absolute Gasteiger partial charge is 0.364 e. The number of amides is 1. The lowest BCUT2D eigenvalue weighted by molar-refractivity contribution is 0.0995. The van der Waals surface area contributed by atoms with Crippen molar-refractivity contribution in [1.82, 2.24) is 10.2 Å². The van der Waals surface area contributed by atoms with E-state index in [4.69, 9.17) is 10.3 Å². The Bertz CT molecular complexity index is 370. The van der Waals surface area contributed by atoms with Crippen LogP contribution in [0.3, 0.4) is 0 Å². The average molecular weight is 221 g/mol. The Hall–Kier alpha value is -1.41. The number of nitrogens with one attached hydrogen (secondary N) is 1. The minimum Gasteiger partial charge on any atom is -0.364 e. The Morgan fingerprint density at radius 3 is 2.36 bits per heavy atom. The molecule has 1 heterocycles. The van der Waals surface area contributed by atoms with E-state index in [1.165, 1.54) is 19.2 Å². The van der Waals surface area contributed by atoms with Crippen molar-refractivity contribution >= 4 is 16.0 Å². The first-order chi connectivity index (χ1) is 6.37. The lowest BCUT2D eigenvalue weighted by Gasteiger charge is -1.80. The summed E-state index contributed by atoms with van der Waals surface area (Å²) >= 11 is 0. The van der Waals surface area contributed by atoms with Gasteiger partial charge in [-0.05, 0) is 13.0 Å². The number of carbonyl (C=O) groups excluding carboxylic acids is 1. The molecule has 80 valence electrons. The number of H-pyrrole nitrogens is 1. The summed E-state index contributed by atoms with van der Waals surface area (Å²) in [5.41, 5.74) is 5.19. The third-order valence-electron chi connectivity index (χ3n) is 1.13. The van der Waals surface area contributed by atoms with Crippen molar-refractivity contribution in [1.29, 1.82) is 0 Å². The summed E-state index contributed by atoms with van der Waals surface area (Å²) < 4.78 is 26.9. The van der Waals surface area contributed by atoms with Gasteiger partial charge in [0.1, 0.15) is 5.69 Å². The highest BCUT2D eigenvalue weighted by atomic mass is 32.2. The monoisotopic (exact) mass is 221 g/mol. The minimum absolute atomic E-state index is 0.201. The van der Waals surface area contributed by atoms with Crippen LogP contribution in [0.1, 0.15) is 17.4 Å². The molecule has 0 saturated carbocycles. The van der Waals surface area contributed by atoms with Crippen LogP contribution in [0.25, 0.3) is 0 Å². The maximum Gasteiger partial charge on any atom is 0.266 e. The van der Waals surface area contributed by atoms with E-state index in [0.717, 1.165) is 0 Å². The van der Waals surface area contributed by atoms with Crippen molar-refractivity contribution < 1.29 is 17.8 Å². The summed E-state index contributed by atoms with van der Waals surface area (Å²) in [7, 11) is -3.66. The molecule has 0 aliphatic carbocycles. The SMILES string of the molecule is CCS(=O)(=O)O.NC(=O)c1ccn[nH]1. The van der Waals surface area contributed by atoms with Gasteiger partial charge in [0.05, 0.1) is 5.75 Å². The van der Waals surface area contributed by atoms with E-state index in [-0.39, 0.29) is 5.75 Å². The van der Waals surface area contributed by atoms with Crippen LogP contribution >= 0.6 is 0 Å². The molecule has 0 spiro atoms. The number of nitrogens with two attached hydrogens (primary N) is 1. The molecule has 14 heavy (non-hydrogen) atoms. The molecule has 0 bridgehead atoms. The van der Waals surface area contributed by atoms with Crippen molar-refractivity contribution in [2.45, 2.75) is 6.92 Å². The highest BCUT2D eigenvalue weighted by molar-refractivity contribution is 7.85. The molecule has 1 rings (SSSR count). The molecule has 8 heteroatoms. The maximum absolute atomic E-state index is 10.2. The van der Waals surface area contributed by atoms with Gasteiger partial charge in [-0.15, -0.1) is 0 Å². The normalized spacial score (nSPS) is 10.1. The molecule has 1 aromatic heterocycles. The van der Waals surface area contributed by atoms with E-state index < -0.39 is 16.0 Å². The van der Waals surface area contributed by atoms with Crippen molar-refractivity contribution in [3.05, 3.63) is 18.0 Å². The lowest BCUT2D eigenvalue weighted by atomic mass is 10.4. The van der Waals surface area contributed by atoms with E-state index >= 15 is 0 Å². The van der Waals surface area contributed by atoms with Crippen LogP contribution in [0.15, 0.2) is 12.3 Å². The second-order valence-corrected chi connectivity index (χ2v) is 3.95. The molecule has 1 amide bonds. The van der Waals surface area contributed by atoms with E-state index in [2.05, 4.69) is 10.2 Å². The summed E-state index contributed by atoms with van der Waals surface area (Å²) in [6, 6.07) is 1.52. The van der Waals surface area contributed by atoms with Gasteiger partial charge in [-0.3, -0.25) is 14.4 Å². The van der Waals surface area contributed by atoms with Crippen LogP contribution < -0.4 is 5.73 Å². The number of carbonyl (C=O) groups is 1. The molecule has 0 radical (unpaired) electrons.